The molecule has 5 unspecified atom stereocenters. The smallest absolute Gasteiger partial charge is 0.115 e. The first-order valence-corrected chi connectivity index (χ1v) is 10.5. The molecule has 0 aliphatic heterocycles. The molecule has 0 radical (unpaired) electrons. The van der Waals surface area contributed by atoms with Gasteiger partial charge < -0.3 is 9.64 Å². The number of ether oxygens (including phenoxy) is 1. The Hall–Kier alpha value is -0.760. The Morgan fingerprint density at radius 2 is 1.76 bits per heavy atom. The van der Waals surface area contributed by atoms with Crippen molar-refractivity contribution < 1.29 is 4.74 Å². The first-order chi connectivity index (χ1) is 11.7. The Kier molecular flexibility index (Phi) is 7.19. The second kappa shape index (κ2) is 8.75. The fraction of sp³-hybridized carbons (Fsp3) is 0.826. The third-order valence-corrected chi connectivity index (χ3v) is 6.56. The van der Waals surface area contributed by atoms with Crippen molar-refractivity contribution in [3.63, 3.8) is 0 Å². The van der Waals surface area contributed by atoms with E-state index < -0.39 is 0 Å². The van der Waals surface area contributed by atoms with Crippen molar-refractivity contribution in [3.8, 4) is 0 Å². The van der Waals surface area contributed by atoms with Crippen LogP contribution in [0.5, 0.6) is 0 Å². The Morgan fingerprint density at radius 3 is 2.40 bits per heavy atom. The van der Waals surface area contributed by atoms with Crippen LogP contribution in [0.1, 0.15) is 73.6 Å². The Labute approximate surface area is 156 Å². The van der Waals surface area contributed by atoms with Gasteiger partial charge in [-0.3, -0.25) is 0 Å². The van der Waals surface area contributed by atoms with Crippen molar-refractivity contribution in [1.82, 2.24) is 4.90 Å². The Balaban J connectivity index is 2.01. The van der Waals surface area contributed by atoms with Gasteiger partial charge in [0.1, 0.15) is 11.9 Å². The summed E-state index contributed by atoms with van der Waals surface area (Å²) >= 11 is 0. The molecule has 2 heteroatoms. The third kappa shape index (κ3) is 5.61. The summed E-state index contributed by atoms with van der Waals surface area (Å²) in [6.07, 6.45) is 13.5. The summed E-state index contributed by atoms with van der Waals surface area (Å²) in [6.45, 7) is 15.2. The minimum Gasteiger partial charge on any atom is -0.491 e. The van der Waals surface area contributed by atoms with Crippen molar-refractivity contribution in [3.05, 3.63) is 24.0 Å². The van der Waals surface area contributed by atoms with Crippen LogP contribution in [0, 0.1) is 23.2 Å². The van der Waals surface area contributed by atoms with Gasteiger partial charge in [-0.1, -0.05) is 47.6 Å². The molecule has 144 valence electrons. The highest BCUT2D eigenvalue weighted by molar-refractivity contribution is 5.18. The fourth-order valence-electron chi connectivity index (χ4n) is 4.61. The zero-order valence-corrected chi connectivity index (χ0v) is 17.7. The van der Waals surface area contributed by atoms with E-state index in [1.54, 1.807) is 0 Å². The Bertz CT molecular complexity index is 473. The van der Waals surface area contributed by atoms with E-state index in [9.17, 15) is 0 Å². The van der Waals surface area contributed by atoms with Gasteiger partial charge >= 0.3 is 0 Å². The van der Waals surface area contributed by atoms with Gasteiger partial charge in [0.25, 0.3) is 0 Å². The molecule has 0 aromatic carbocycles. The van der Waals surface area contributed by atoms with E-state index in [4.69, 9.17) is 4.74 Å². The number of hydrogen-bond acceptors (Lipinski definition) is 2. The van der Waals surface area contributed by atoms with Crippen LogP contribution in [0.2, 0.25) is 0 Å². The molecule has 2 nitrogen and oxygen atoms in total. The summed E-state index contributed by atoms with van der Waals surface area (Å²) in [5.41, 5.74) is 0.312. The molecule has 1 saturated carbocycles. The molecule has 2 aliphatic carbocycles. The highest BCUT2D eigenvalue weighted by atomic mass is 16.5. The second-order valence-corrected chi connectivity index (χ2v) is 9.59. The summed E-state index contributed by atoms with van der Waals surface area (Å²) in [6, 6.07) is 0.727. The molecule has 0 heterocycles. The van der Waals surface area contributed by atoms with E-state index in [0.717, 1.165) is 24.8 Å². The lowest BCUT2D eigenvalue weighted by Crippen LogP contribution is -2.31. The molecular weight excluding hydrogens is 306 g/mol. The zero-order chi connectivity index (χ0) is 18.6. The van der Waals surface area contributed by atoms with Crippen LogP contribution in [0.4, 0.5) is 0 Å². The van der Waals surface area contributed by atoms with Crippen molar-refractivity contribution in [1.29, 1.82) is 0 Å². The lowest BCUT2D eigenvalue weighted by molar-refractivity contribution is 0.0707. The molecule has 0 saturated heterocycles. The summed E-state index contributed by atoms with van der Waals surface area (Å²) in [5, 5.41) is 0. The maximum Gasteiger partial charge on any atom is 0.115 e. The molecule has 0 spiro atoms. The summed E-state index contributed by atoms with van der Waals surface area (Å²) in [5.74, 6) is 3.03. The average Bonchev–Trinajstić information content (AvgIpc) is 2.84. The van der Waals surface area contributed by atoms with Crippen molar-refractivity contribution in [2.24, 2.45) is 23.2 Å². The number of allylic oxidation sites excluding steroid dienone is 3. The second-order valence-electron chi connectivity index (χ2n) is 9.59. The maximum atomic E-state index is 6.53. The predicted molar refractivity (Wildman–Crippen MR) is 109 cm³/mol. The van der Waals surface area contributed by atoms with Crippen LogP contribution in [-0.2, 0) is 4.74 Å². The third-order valence-electron chi connectivity index (χ3n) is 6.56. The lowest BCUT2D eigenvalue weighted by Gasteiger charge is -2.32. The van der Waals surface area contributed by atoms with E-state index in [1.165, 1.54) is 25.7 Å². The zero-order valence-electron chi connectivity index (χ0n) is 17.7. The minimum atomic E-state index is 0.312. The summed E-state index contributed by atoms with van der Waals surface area (Å²) in [7, 11) is 2.26. The van der Waals surface area contributed by atoms with Gasteiger partial charge in [-0.15, -0.1) is 0 Å². The average molecular weight is 348 g/mol. The molecular formula is C23H41NO. The van der Waals surface area contributed by atoms with Gasteiger partial charge in [0.15, 0.2) is 0 Å². The first kappa shape index (κ1) is 20.6. The van der Waals surface area contributed by atoms with Gasteiger partial charge in [0, 0.05) is 6.04 Å². The monoisotopic (exact) mass is 347 g/mol. The molecule has 2 aliphatic rings. The SMILES string of the molecule is CCN(C)C1CCC(C)C(OC2=CCC(C)C(C(C)(C)C)C=C2)CC1. The van der Waals surface area contributed by atoms with Crippen LogP contribution < -0.4 is 0 Å². The standard InChI is InChI=1S/C23H41NO/c1-8-24(7)19-11-9-18(3)22(16-12-19)25-20-13-10-17(2)21(15-14-20)23(4,5)6/h13-15,17-19,21-22H,8-12,16H2,1-7H3. The molecule has 0 bridgehead atoms. The number of rotatable bonds is 4. The molecule has 5 atom stereocenters. The molecule has 25 heavy (non-hydrogen) atoms. The Morgan fingerprint density at radius 1 is 1.08 bits per heavy atom. The van der Waals surface area contributed by atoms with E-state index in [1.807, 2.05) is 0 Å². The van der Waals surface area contributed by atoms with Crippen LogP contribution in [0.3, 0.4) is 0 Å². The van der Waals surface area contributed by atoms with Crippen molar-refractivity contribution in [2.45, 2.75) is 85.8 Å². The van der Waals surface area contributed by atoms with E-state index in [0.29, 0.717) is 29.3 Å². The van der Waals surface area contributed by atoms with Crippen LogP contribution in [0.25, 0.3) is 0 Å². The van der Waals surface area contributed by atoms with Gasteiger partial charge in [0.05, 0.1) is 0 Å². The molecule has 1 fully saturated rings. The highest BCUT2D eigenvalue weighted by Gasteiger charge is 2.30. The number of hydrogen-bond donors (Lipinski definition) is 0. The molecule has 2 rings (SSSR count). The quantitative estimate of drug-likeness (QED) is 0.574. The highest BCUT2D eigenvalue weighted by Crippen LogP contribution is 2.38. The maximum absolute atomic E-state index is 6.53. The predicted octanol–water partition coefficient (Wildman–Crippen LogP) is 6.04. The van der Waals surface area contributed by atoms with E-state index in [2.05, 4.69) is 71.7 Å². The molecule has 0 N–H and O–H groups in total. The van der Waals surface area contributed by atoms with Crippen molar-refractivity contribution >= 4 is 0 Å². The van der Waals surface area contributed by atoms with E-state index in [-0.39, 0.29) is 0 Å². The summed E-state index contributed by atoms with van der Waals surface area (Å²) in [4.78, 5) is 2.51. The fourth-order valence-corrected chi connectivity index (χ4v) is 4.61. The summed E-state index contributed by atoms with van der Waals surface area (Å²) < 4.78 is 6.53. The van der Waals surface area contributed by atoms with Crippen molar-refractivity contribution in [2.75, 3.05) is 13.6 Å². The van der Waals surface area contributed by atoms with E-state index >= 15 is 0 Å². The van der Waals surface area contributed by atoms with Gasteiger partial charge in [-0.2, -0.15) is 0 Å². The van der Waals surface area contributed by atoms with Crippen LogP contribution >= 0.6 is 0 Å². The molecule has 0 amide bonds. The van der Waals surface area contributed by atoms with Crippen LogP contribution in [-0.4, -0.2) is 30.6 Å². The molecule has 0 aromatic rings. The van der Waals surface area contributed by atoms with Gasteiger partial charge in [-0.25, -0.2) is 0 Å². The largest absolute Gasteiger partial charge is 0.491 e. The van der Waals surface area contributed by atoms with Gasteiger partial charge in [0.2, 0.25) is 0 Å². The lowest BCUT2D eigenvalue weighted by atomic mass is 9.73. The van der Waals surface area contributed by atoms with Gasteiger partial charge in [-0.05, 0) is 81.0 Å². The molecule has 0 aromatic heterocycles. The first-order valence-electron chi connectivity index (χ1n) is 10.5. The minimum absolute atomic E-state index is 0.312. The topological polar surface area (TPSA) is 12.5 Å². The normalized spacial score (nSPS) is 34.4. The number of nitrogens with zero attached hydrogens (tertiary/aromatic N) is 1. The van der Waals surface area contributed by atoms with Crippen LogP contribution in [0.15, 0.2) is 24.0 Å².